The zero-order valence-corrected chi connectivity index (χ0v) is 18.3. The van der Waals surface area contributed by atoms with Gasteiger partial charge in [0.25, 0.3) is 11.5 Å². The summed E-state index contributed by atoms with van der Waals surface area (Å²) in [5.41, 5.74) is 1.56. The number of pyridine rings is 1. The fraction of sp³-hybridized carbons (Fsp3) is 0.292. The minimum absolute atomic E-state index is 0.134. The Balaban J connectivity index is 1.63. The maximum atomic E-state index is 13.1. The van der Waals surface area contributed by atoms with E-state index in [1.807, 2.05) is 30.3 Å². The number of hydrogen-bond donors (Lipinski definition) is 1. The van der Waals surface area contributed by atoms with Crippen LogP contribution >= 0.6 is 0 Å². The lowest BCUT2D eigenvalue weighted by molar-refractivity contribution is 0.0600. The average Bonchev–Trinajstić information content (AvgIpc) is 3.40. The average molecular weight is 444 g/mol. The number of carbonyl (C=O) groups excluding carboxylic acids is 1. The highest BCUT2D eigenvalue weighted by molar-refractivity contribution is 5.92. The molecule has 0 aliphatic carbocycles. The van der Waals surface area contributed by atoms with Crippen molar-refractivity contribution in [1.29, 1.82) is 0 Å². The summed E-state index contributed by atoms with van der Waals surface area (Å²) in [6.07, 6.45) is 4.18. The number of hydrogen-bond acceptors (Lipinski definition) is 5. The number of benzene rings is 1. The number of nitrogens with zero attached hydrogens (tertiary/aromatic N) is 5. The Morgan fingerprint density at radius 3 is 2.67 bits per heavy atom. The van der Waals surface area contributed by atoms with Gasteiger partial charge in [0.1, 0.15) is 11.3 Å². The predicted molar refractivity (Wildman–Crippen MR) is 123 cm³/mol. The summed E-state index contributed by atoms with van der Waals surface area (Å²) in [6, 6.07) is 14.5. The maximum absolute atomic E-state index is 13.1. The molecule has 4 aromatic rings. The molecule has 0 saturated carbocycles. The molecule has 1 aromatic carbocycles. The third-order valence-electron chi connectivity index (χ3n) is 6.22. The largest absolute Gasteiger partial charge is 0.332 e. The van der Waals surface area contributed by atoms with Crippen molar-refractivity contribution in [2.75, 3.05) is 6.54 Å². The fourth-order valence-electron chi connectivity index (χ4n) is 4.48. The van der Waals surface area contributed by atoms with E-state index in [4.69, 9.17) is 4.98 Å². The summed E-state index contributed by atoms with van der Waals surface area (Å²) in [5.74, 6) is -0.134. The van der Waals surface area contributed by atoms with Gasteiger partial charge in [-0.2, -0.15) is 5.10 Å². The highest BCUT2D eigenvalue weighted by Crippen LogP contribution is 2.31. The molecular formula is C24H24N6O3. The van der Waals surface area contributed by atoms with E-state index in [2.05, 4.69) is 10.2 Å². The molecule has 0 radical (unpaired) electrons. The Morgan fingerprint density at radius 1 is 1.09 bits per heavy atom. The minimum atomic E-state index is -0.421. The summed E-state index contributed by atoms with van der Waals surface area (Å²) in [5, 5.41) is 7.01. The van der Waals surface area contributed by atoms with Crippen molar-refractivity contribution in [1.82, 2.24) is 29.2 Å². The first-order chi connectivity index (χ1) is 16.0. The van der Waals surface area contributed by atoms with Crippen LogP contribution in [0.3, 0.4) is 0 Å². The molecule has 9 heteroatoms. The van der Waals surface area contributed by atoms with Crippen LogP contribution in [0, 0.1) is 0 Å². The number of amides is 1. The molecule has 1 saturated heterocycles. The summed E-state index contributed by atoms with van der Waals surface area (Å²) in [4.78, 5) is 45.5. The van der Waals surface area contributed by atoms with Crippen molar-refractivity contribution in [2.45, 2.75) is 31.8 Å². The number of piperidine rings is 1. The second-order valence-corrected chi connectivity index (χ2v) is 8.31. The second-order valence-electron chi connectivity index (χ2n) is 8.31. The van der Waals surface area contributed by atoms with Gasteiger partial charge >= 0.3 is 5.69 Å². The summed E-state index contributed by atoms with van der Waals surface area (Å²) in [6.45, 7) is 0.901. The van der Waals surface area contributed by atoms with Crippen LogP contribution in [-0.4, -0.2) is 41.7 Å². The third-order valence-corrected chi connectivity index (χ3v) is 6.22. The van der Waals surface area contributed by atoms with Gasteiger partial charge in [-0.05, 0) is 43.0 Å². The standard InChI is InChI=1S/C24H24N6O3/c1-28-22(31)17-10-11-18(20-9-5-6-14-29(20)23(32)19-12-13-25-27-19)26-21(17)30(24(28)33)15-16-7-3-2-4-8-16/h2-4,7-8,10-13,20H,5-6,9,14-15H2,1H3,(H,25,27)/t20-/m1/s1. The molecule has 4 heterocycles. The number of likely N-dealkylation sites (tertiary alicyclic amines) is 1. The van der Waals surface area contributed by atoms with E-state index in [0.717, 1.165) is 29.4 Å². The van der Waals surface area contributed by atoms with E-state index in [-0.39, 0.29) is 17.5 Å². The molecule has 168 valence electrons. The van der Waals surface area contributed by atoms with Gasteiger partial charge in [-0.3, -0.25) is 23.8 Å². The number of H-pyrrole nitrogens is 1. The highest BCUT2D eigenvalue weighted by atomic mass is 16.2. The molecular weight excluding hydrogens is 420 g/mol. The van der Waals surface area contributed by atoms with Crippen LogP contribution < -0.4 is 11.2 Å². The first-order valence-electron chi connectivity index (χ1n) is 11.0. The number of carbonyl (C=O) groups is 1. The van der Waals surface area contributed by atoms with E-state index < -0.39 is 5.69 Å². The van der Waals surface area contributed by atoms with E-state index in [9.17, 15) is 14.4 Å². The molecule has 1 aliphatic rings. The first kappa shape index (κ1) is 20.9. The molecule has 1 amide bonds. The molecule has 0 unspecified atom stereocenters. The SMILES string of the molecule is Cn1c(=O)c2ccc([C@H]3CCCCN3C(=O)c3ccn[nH]3)nc2n(Cc2ccccc2)c1=O. The van der Waals surface area contributed by atoms with Gasteiger partial charge in [-0.15, -0.1) is 0 Å². The number of aromatic amines is 1. The van der Waals surface area contributed by atoms with Crippen LogP contribution in [0.1, 0.15) is 47.1 Å². The van der Waals surface area contributed by atoms with E-state index >= 15 is 0 Å². The lowest BCUT2D eigenvalue weighted by Gasteiger charge is -2.35. The Hall–Kier alpha value is -4.01. The molecule has 3 aromatic heterocycles. The Labute approximate surface area is 189 Å². The van der Waals surface area contributed by atoms with Crippen LogP contribution in [-0.2, 0) is 13.6 Å². The van der Waals surface area contributed by atoms with Crippen LogP contribution in [0.25, 0.3) is 11.0 Å². The second kappa shape index (κ2) is 8.50. The Bertz CT molecular complexity index is 1420. The highest BCUT2D eigenvalue weighted by Gasteiger charge is 2.30. The Morgan fingerprint density at radius 2 is 1.91 bits per heavy atom. The van der Waals surface area contributed by atoms with Crippen LogP contribution in [0.15, 0.2) is 64.3 Å². The lowest BCUT2D eigenvalue weighted by Crippen LogP contribution is -2.40. The number of fused-ring (bicyclic) bond motifs is 1. The van der Waals surface area contributed by atoms with Gasteiger partial charge in [0.15, 0.2) is 0 Å². The van der Waals surface area contributed by atoms with Crippen molar-refractivity contribution in [2.24, 2.45) is 7.05 Å². The molecule has 0 bridgehead atoms. The van der Waals surface area contributed by atoms with Crippen molar-refractivity contribution in [3.63, 3.8) is 0 Å². The quantitative estimate of drug-likeness (QED) is 0.520. The lowest BCUT2D eigenvalue weighted by atomic mass is 9.98. The molecule has 5 rings (SSSR count). The molecule has 1 atom stereocenters. The van der Waals surface area contributed by atoms with Gasteiger partial charge in [0.2, 0.25) is 0 Å². The van der Waals surface area contributed by atoms with E-state index in [1.165, 1.54) is 11.6 Å². The number of aromatic nitrogens is 5. The first-order valence-corrected chi connectivity index (χ1v) is 11.0. The van der Waals surface area contributed by atoms with Crippen molar-refractivity contribution < 1.29 is 4.79 Å². The van der Waals surface area contributed by atoms with Crippen molar-refractivity contribution >= 4 is 16.9 Å². The van der Waals surface area contributed by atoms with Crippen molar-refractivity contribution in [3.05, 3.63) is 92.5 Å². The number of nitrogens with one attached hydrogen (secondary N) is 1. The third kappa shape index (κ3) is 3.75. The normalized spacial score (nSPS) is 16.3. The van der Waals surface area contributed by atoms with E-state index in [1.54, 1.807) is 29.3 Å². The molecule has 33 heavy (non-hydrogen) atoms. The van der Waals surface area contributed by atoms with Crippen molar-refractivity contribution in [3.8, 4) is 0 Å². The smallest absolute Gasteiger partial charge is 0.329 e. The monoisotopic (exact) mass is 444 g/mol. The zero-order valence-electron chi connectivity index (χ0n) is 18.3. The Kier molecular flexibility index (Phi) is 5.37. The van der Waals surface area contributed by atoms with Gasteiger partial charge in [0.05, 0.1) is 23.7 Å². The van der Waals surface area contributed by atoms with Gasteiger partial charge in [0, 0.05) is 19.8 Å². The van der Waals surface area contributed by atoms with Crippen LogP contribution in [0.2, 0.25) is 0 Å². The maximum Gasteiger partial charge on any atom is 0.332 e. The van der Waals surface area contributed by atoms with Gasteiger partial charge in [-0.25, -0.2) is 9.78 Å². The molecule has 1 N–H and O–H groups in total. The number of rotatable bonds is 4. The zero-order chi connectivity index (χ0) is 22.9. The topological polar surface area (TPSA) is 106 Å². The predicted octanol–water partition coefficient (Wildman–Crippen LogP) is 2.23. The van der Waals surface area contributed by atoms with Gasteiger partial charge in [-0.1, -0.05) is 30.3 Å². The molecule has 9 nitrogen and oxygen atoms in total. The summed E-state index contributed by atoms with van der Waals surface area (Å²) in [7, 11) is 1.48. The van der Waals surface area contributed by atoms with Crippen LogP contribution in [0.5, 0.6) is 0 Å². The van der Waals surface area contributed by atoms with Crippen LogP contribution in [0.4, 0.5) is 0 Å². The molecule has 1 aliphatic heterocycles. The minimum Gasteiger partial charge on any atom is -0.329 e. The van der Waals surface area contributed by atoms with Gasteiger partial charge < -0.3 is 4.90 Å². The van der Waals surface area contributed by atoms with E-state index in [0.29, 0.717) is 35.5 Å². The molecule has 1 fully saturated rings. The fourth-order valence-corrected chi connectivity index (χ4v) is 4.48. The molecule has 0 spiro atoms. The summed E-state index contributed by atoms with van der Waals surface area (Å²) >= 11 is 0. The summed E-state index contributed by atoms with van der Waals surface area (Å²) < 4.78 is 2.64.